The van der Waals surface area contributed by atoms with E-state index in [0.717, 1.165) is 0 Å². The minimum Gasteiger partial charge on any atom is -0.481 e. The maximum atomic E-state index is 12.3. The number of aliphatic carboxylic acids is 1. The molecular formula is C17H25NO5S. The normalized spacial score (nSPS) is 25.5. The third-order valence-electron chi connectivity index (χ3n) is 4.84. The molecule has 6 nitrogen and oxygen atoms in total. The van der Waals surface area contributed by atoms with Gasteiger partial charge in [0.05, 0.1) is 22.2 Å². The number of likely N-dealkylation sites (tertiary alicyclic amines) is 1. The van der Waals surface area contributed by atoms with Crippen molar-refractivity contribution in [3.63, 3.8) is 0 Å². The third-order valence-corrected chi connectivity index (χ3v) is 6.55. The SMILES string of the molecule is CCC[C@]1(C(=O)O)CCN(CCS(=O)(=O)c2ccccc2)C[C@H]1O. The van der Waals surface area contributed by atoms with E-state index in [0.29, 0.717) is 25.8 Å². The second-order valence-corrected chi connectivity index (χ2v) is 8.52. The van der Waals surface area contributed by atoms with Crippen LogP contribution < -0.4 is 0 Å². The number of piperidine rings is 1. The molecule has 0 aromatic heterocycles. The zero-order valence-electron chi connectivity index (χ0n) is 13.9. The first-order valence-corrected chi connectivity index (χ1v) is 9.88. The van der Waals surface area contributed by atoms with Crippen LogP contribution in [0.3, 0.4) is 0 Å². The molecule has 1 aromatic rings. The first kappa shape index (κ1) is 18.9. The highest BCUT2D eigenvalue weighted by Gasteiger charge is 2.47. The molecule has 0 aliphatic carbocycles. The zero-order valence-corrected chi connectivity index (χ0v) is 14.7. The van der Waals surface area contributed by atoms with Crippen LogP contribution in [0.2, 0.25) is 0 Å². The standard InChI is InChI=1S/C17H25NO5S/c1-2-8-17(16(20)21)9-10-18(13-15(17)19)11-12-24(22,23)14-6-4-3-5-7-14/h3-7,15,19H,2,8-13H2,1H3,(H,20,21)/t15-,17+/m1/s1. The van der Waals surface area contributed by atoms with E-state index in [1.54, 1.807) is 30.3 Å². The van der Waals surface area contributed by atoms with Gasteiger partial charge in [0.25, 0.3) is 0 Å². The summed E-state index contributed by atoms with van der Waals surface area (Å²) in [5, 5.41) is 19.9. The number of aliphatic hydroxyl groups excluding tert-OH is 1. The van der Waals surface area contributed by atoms with Crippen LogP contribution in [0.4, 0.5) is 0 Å². The molecule has 0 saturated carbocycles. The van der Waals surface area contributed by atoms with Crippen LogP contribution in [0.1, 0.15) is 26.2 Å². The Hall–Kier alpha value is -1.44. The van der Waals surface area contributed by atoms with Crippen molar-refractivity contribution in [1.29, 1.82) is 0 Å². The molecule has 1 saturated heterocycles. The molecule has 0 spiro atoms. The van der Waals surface area contributed by atoms with Gasteiger partial charge in [-0.05, 0) is 31.5 Å². The van der Waals surface area contributed by atoms with Crippen LogP contribution in [0.25, 0.3) is 0 Å². The smallest absolute Gasteiger partial charge is 0.312 e. The average molecular weight is 355 g/mol. The monoisotopic (exact) mass is 355 g/mol. The van der Waals surface area contributed by atoms with Gasteiger partial charge in [0.2, 0.25) is 0 Å². The lowest BCUT2D eigenvalue weighted by molar-refractivity contribution is -0.163. The summed E-state index contributed by atoms with van der Waals surface area (Å²) in [5.74, 6) is -1.01. The second kappa shape index (κ2) is 7.63. The van der Waals surface area contributed by atoms with Crippen LogP contribution in [0.15, 0.2) is 35.2 Å². The molecule has 0 unspecified atom stereocenters. The van der Waals surface area contributed by atoms with Crippen molar-refractivity contribution in [3.05, 3.63) is 30.3 Å². The molecule has 1 fully saturated rings. The Labute approximate surface area is 143 Å². The van der Waals surface area contributed by atoms with Crippen molar-refractivity contribution < 1.29 is 23.4 Å². The first-order chi connectivity index (χ1) is 11.3. The van der Waals surface area contributed by atoms with Gasteiger partial charge in [-0.2, -0.15) is 0 Å². The Kier molecular flexibility index (Phi) is 6.01. The van der Waals surface area contributed by atoms with Gasteiger partial charge in [-0.1, -0.05) is 31.5 Å². The molecule has 2 N–H and O–H groups in total. The lowest BCUT2D eigenvalue weighted by atomic mass is 9.73. The Bertz CT molecular complexity index is 661. The van der Waals surface area contributed by atoms with E-state index in [1.807, 2.05) is 11.8 Å². The predicted molar refractivity (Wildman–Crippen MR) is 90.5 cm³/mol. The molecular weight excluding hydrogens is 330 g/mol. The number of benzene rings is 1. The molecule has 0 bridgehead atoms. The summed E-state index contributed by atoms with van der Waals surface area (Å²) in [7, 11) is -3.37. The van der Waals surface area contributed by atoms with E-state index < -0.39 is 27.3 Å². The lowest BCUT2D eigenvalue weighted by Crippen LogP contribution is -2.55. The summed E-state index contributed by atoms with van der Waals surface area (Å²) in [5.41, 5.74) is -1.11. The van der Waals surface area contributed by atoms with Gasteiger partial charge in [-0.3, -0.25) is 9.69 Å². The number of carbonyl (C=O) groups is 1. The number of carboxylic acid groups (broad SMARTS) is 1. The van der Waals surface area contributed by atoms with Crippen molar-refractivity contribution >= 4 is 15.8 Å². The lowest BCUT2D eigenvalue weighted by Gasteiger charge is -2.42. The maximum absolute atomic E-state index is 12.3. The molecule has 1 aliphatic heterocycles. The van der Waals surface area contributed by atoms with Crippen molar-refractivity contribution in [2.24, 2.45) is 5.41 Å². The fraction of sp³-hybridized carbons (Fsp3) is 0.588. The summed E-state index contributed by atoms with van der Waals surface area (Å²) < 4.78 is 24.6. The fourth-order valence-corrected chi connectivity index (χ4v) is 4.63. The number of rotatable bonds is 7. The maximum Gasteiger partial charge on any atom is 0.312 e. The highest BCUT2D eigenvalue weighted by Crippen LogP contribution is 2.36. The summed E-state index contributed by atoms with van der Waals surface area (Å²) in [6.45, 7) is 2.86. The van der Waals surface area contributed by atoms with Crippen molar-refractivity contribution in [1.82, 2.24) is 4.90 Å². The van der Waals surface area contributed by atoms with E-state index in [9.17, 15) is 23.4 Å². The number of hydrogen-bond acceptors (Lipinski definition) is 5. The van der Waals surface area contributed by atoms with Gasteiger partial charge < -0.3 is 10.2 Å². The van der Waals surface area contributed by atoms with Crippen molar-refractivity contribution in [2.75, 3.05) is 25.4 Å². The van der Waals surface area contributed by atoms with Crippen molar-refractivity contribution in [3.8, 4) is 0 Å². The highest BCUT2D eigenvalue weighted by molar-refractivity contribution is 7.91. The number of sulfone groups is 1. The Morgan fingerprint density at radius 1 is 1.33 bits per heavy atom. The minimum atomic E-state index is -3.37. The average Bonchev–Trinajstić information content (AvgIpc) is 2.56. The van der Waals surface area contributed by atoms with Crippen LogP contribution in [0, 0.1) is 5.41 Å². The van der Waals surface area contributed by atoms with Gasteiger partial charge in [0.1, 0.15) is 0 Å². The van der Waals surface area contributed by atoms with Crippen molar-refractivity contribution in [2.45, 2.75) is 37.2 Å². The quantitative estimate of drug-likeness (QED) is 0.768. The van der Waals surface area contributed by atoms with Gasteiger partial charge >= 0.3 is 5.97 Å². The third kappa shape index (κ3) is 3.96. The number of β-amino-alcohol motifs (C(OH)–C–C–N with tert-alkyl or cyclic N) is 1. The summed E-state index contributed by atoms with van der Waals surface area (Å²) in [6.07, 6.45) is 0.469. The zero-order chi connectivity index (χ0) is 17.8. The fourth-order valence-electron chi connectivity index (χ4n) is 3.33. The molecule has 134 valence electrons. The molecule has 7 heteroatoms. The first-order valence-electron chi connectivity index (χ1n) is 8.23. The topological polar surface area (TPSA) is 94.9 Å². The predicted octanol–water partition coefficient (Wildman–Crippen LogP) is 1.40. The number of nitrogens with zero attached hydrogens (tertiary/aromatic N) is 1. The second-order valence-electron chi connectivity index (χ2n) is 6.41. The van der Waals surface area contributed by atoms with Crippen LogP contribution in [0.5, 0.6) is 0 Å². The van der Waals surface area contributed by atoms with E-state index in [4.69, 9.17) is 0 Å². The van der Waals surface area contributed by atoms with E-state index in [2.05, 4.69) is 0 Å². The van der Waals surface area contributed by atoms with E-state index >= 15 is 0 Å². The molecule has 1 aromatic carbocycles. The van der Waals surface area contributed by atoms with Crippen LogP contribution in [-0.2, 0) is 14.6 Å². The van der Waals surface area contributed by atoms with Gasteiger partial charge in [-0.25, -0.2) is 8.42 Å². The van der Waals surface area contributed by atoms with E-state index in [-0.39, 0.29) is 23.7 Å². The molecule has 2 rings (SSSR count). The molecule has 0 radical (unpaired) electrons. The van der Waals surface area contributed by atoms with Crippen LogP contribution in [-0.4, -0.2) is 61.0 Å². The molecule has 0 amide bonds. The summed E-state index contributed by atoms with van der Waals surface area (Å²) in [6, 6.07) is 8.26. The molecule has 1 aliphatic rings. The van der Waals surface area contributed by atoms with Crippen LogP contribution >= 0.6 is 0 Å². The Balaban J connectivity index is 1.98. The van der Waals surface area contributed by atoms with Gasteiger partial charge in [-0.15, -0.1) is 0 Å². The van der Waals surface area contributed by atoms with Gasteiger partial charge in [0, 0.05) is 13.1 Å². The molecule has 24 heavy (non-hydrogen) atoms. The summed E-state index contributed by atoms with van der Waals surface area (Å²) in [4.78, 5) is 13.7. The van der Waals surface area contributed by atoms with E-state index in [1.165, 1.54) is 0 Å². The summed E-state index contributed by atoms with van der Waals surface area (Å²) >= 11 is 0. The van der Waals surface area contributed by atoms with Gasteiger partial charge in [0.15, 0.2) is 9.84 Å². The highest BCUT2D eigenvalue weighted by atomic mass is 32.2. The number of hydrogen-bond donors (Lipinski definition) is 2. The largest absolute Gasteiger partial charge is 0.481 e. The number of aliphatic hydroxyl groups is 1. The Morgan fingerprint density at radius 2 is 2.00 bits per heavy atom. The Morgan fingerprint density at radius 3 is 2.54 bits per heavy atom. The molecule has 1 heterocycles. The number of carboxylic acids is 1. The molecule has 2 atom stereocenters. The minimum absolute atomic E-state index is 0.0441.